The molecule has 0 aliphatic carbocycles. The van der Waals surface area contributed by atoms with Gasteiger partial charge in [0.2, 0.25) is 11.8 Å². The molecule has 0 spiro atoms. The van der Waals surface area contributed by atoms with Crippen LogP contribution in [0.3, 0.4) is 0 Å². The fraction of sp³-hybridized carbons (Fsp3) is 0.583. The summed E-state index contributed by atoms with van der Waals surface area (Å²) in [6.45, 7) is -0.000377. The second-order valence-corrected chi connectivity index (χ2v) is 4.80. The first-order chi connectivity index (χ1) is 9.88. The number of carbonyl (C=O) groups excluding carboxylic acids is 5. The predicted molar refractivity (Wildman–Crippen MR) is 64.2 cm³/mol. The number of rotatable bonds is 5. The second kappa shape index (κ2) is 6.00. The third kappa shape index (κ3) is 3.43. The molecule has 2 aliphatic rings. The molecule has 2 saturated heterocycles. The Morgan fingerprint density at radius 1 is 1.29 bits per heavy atom. The molecule has 21 heavy (non-hydrogen) atoms. The molecule has 2 fully saturated rings. The van der Waals surface area contributed by atoms with Crippen LogP contribution in [0.1, 0.15) is 25.7 Å². The molecule has 0 aromatic rings. The minimum Gasteiger partial charge on any atom is -0.452 e. The second-order valence-electron chi connectivity index (χ2n) is 4.80. The molecule has 0 radical (unpaired) electrons. The van der Waals surface area contributed by atoms with Gasteiger partial charge in [0, 0.05) is 13.0 Å². The van der Waals surface area contributed by atoms with Crippen LogP contribution in [0.25, 0.3) is 0 Å². The van der Waals surface area contributed by atoms with Crippen molar-refractivity contribution < 1.29 is 33.8 Å². The van der Waals surface area contributed by atoms with E-state index >= 15 is 0 Å². The maximum absolute atomic E-state index is 11.5. The van der Waals surface area contributed by atoms with E-state index in [1.165, 1.54) is 0 Å². The van der Waals surface area contributed by atoms with Gasteiger partial charge < -0.3 is 9.84 Å². The van der Waals surface area contributed by atoms with Crippen molar-refractivity contribution in [2.45, 2.75) is 37.9 Å². The summed E-state index contributed by atoms with van der Waals surface area (Å²) >= 11 is 0. The number of amides is 4. The van der Waals surface area contributed by atoms with Crippen LogP contribution >= 0.6 is 0 Å². The number of likely N-dealkylation sites (tertiary alicyclic amines) is 1. The number of esters is 1. The molecule has 0 saturated carbocycles. The van der Waals surface area contributed by atoms with E-state index in [1.807, 2.05) is 5.32 Å². The molecule has 2 aliphatic heterocycles. The van der Waals surface area contributed by atoms with Gasteiger partial charge in [-0.15, -0.1) is 0 Å². The van der Waals surface area contributed by atoms with E-state index in [4.69, 9.17) is 4.74 Å². The summed E-state index contributed by atoms with van der Waals surface area (Å²) < 4.78 is 4.82. The Labute approximate surface area is 119 Å². The Bertz CT molecular complexity index is 516. The first kappa shape index (κ1) is 15.1. The standard InChI is InChI=1S/C12H14N2O7/c15-6-4-9(17)14(12(6)20)3-1-2-10(18)21-7-5-8(16)13-11(7)19/h6-7,15H,1-5H2,(H,13,16,19). The van der Waals surface area contributed by atoms with Crippen molar-refractivity contribution in [2.75, 3.05) is 6.54 Å². The van der Waals surface area contributed by atoms with Gasteiger partial charge in [-0.3, -0.25) is 34.2 Å². The first-order valence-corrected chi connectivity index (χ1v) is 6.44. The molecule has 9 heteroatoms. The number of aliphatic hydroxyl groups excluding tert-OH is 1. The van der Waals surface area contributed by atoms with E-state index < -0.39 is 41.8 Å². The molecule has 2 atom stereocenters. The lowest BCUT2D eigenvalue weighted by atomic mass is 10.2. The van der Waals surface area contributed by atoms with Gasteiger partial charge in [0.25, 0.3) is 11.8 Å². The lowest BCUT2D eigenvalue weighted by Crippen LogP contribution is -2.33. The number of nitrogens with one attached hydrogen (secondary N) is 1. The van der Waals surface area contributed by atoms with Gasteiger partial charge in [-0.25, -0.2) is 0 Å². The molecule has 2 rings (SSSR count). The van der Waals surface area contributed by atoms with Crippen LogP contribution in [-0.4, -0.2) is 58.4 Å². The maximum Gasteiger partial charge on any atom is 0.306 e. The molecular weight excluding hydrogens is 284 g/mol. The number of carbonyl (C=O) groups is 5. The Balaban J connectivity index is 1.72. The number of imide groups is 2. The Morgan fingerprint density at radius 3 is 2.52 bits per heavy atom. The molecule has 0 bridgehead atoms. The molecule has 114 valence electrons. The number of hydrogen-bond acceptors (Lipinski definition) is 7. The molecular formula is C12H14N2O7. The van der Waals surface area contributed by atoms with E-state index in [1.54, 1.807) is 0 Å². The SMILES string of the molecule is O=C1CC(OC(=O)CCCN2C(=O)CC(O)C2=O)C(=O)N1. The van der Waals surface area contributed by atoms with E-state index in [2.05, 4.69) is 0 Å². The molecule has 9 nitrogen and oxygen atoms in total. The highest BCUT2D eigenvalue weighted by Crippen LogP contribution is 2.14. The smallest absolute Gasteiger partial charge is 0.306 e. The van der Waals surface area contributed by atoms with Crippen molar-refractivity contribution in [1.29, 1.82) is 0 Å². The molecule has 2 N–H and O–H groups in total. The summed E-state index contributed by atoms with van der Waals surface area (Å²) in [4.78, 5) is 57.3. The zero-order chi connectivity index (χ0) is 15.6. The third-order valence-corrected chi connectivity index (χ3v) is 3.18. The van der Waals surface area contributed by atoms with Crippen LogP contribution in [0, 0.1) is 0 Å². The Hall–Kier alpha value is -2.29. The summed E-state index contributed by atoms with van der Waals surface area (Å²) in [6, 6.07) is 0. The van der Waals surface area contributed by atoms with Gasteiger partial charge in [-0.2, -0.15) is 0 Å². The van der Waals surface area contributed by atoms with Crippen LogP contribution in [0.15, 0.2) is 0 Å². The van der Waals surface area contributed by atoms with Crippen LogP contribution in [0.2, 0.25) is 0 Å². The van der Waals surface area contributed by atoms with Crippen molar-refractivity contribution >= 4 is 29.6 Å². The van der Waals surface area contributed by atoms with E-state index in [0.717, 1.165) is 4.90 Å². The predicted octanol–water partition coefficient (Wildman–Crippen LogP) is -2.16. The normalized spacial score (nSPS) is 25.5. The van der Waals surface area contributed by atoms with E-state index in [0.29, 0.717) is 0 Å². The average Bonchev–Trinajstić information content (AvgIpc) is 2.82. The number of nitrogens with zero attached hydrogens (tertiary/aromatic N) is 1. The molecule has 0 aromatic carbocycles. The third-order valence-electron chi connectivity index (χ3n) is 3.18. The van der Waals surface area contributed by atoms with Crippen molar-refractivity contribution in [1.82, 2.24) is 10.2 Å². The summed E-state index contributed by atoms with van der Waals surface area (Å²) in [5.74, 6) is -3.00. The van der Waals surface area contributed by atoms with Crippen molar-refractivity contribution in [3.63, 3.8) is 0 Å². The Kier molecular flexibility index (Phi) is 4.32. The summed E-state index contributed by atoms with van der Waals surface area (Å²) in [5, 5.41) is 11.2. The van der Waals surface area contributed by atoms with Crippen LogP contribution < -0.4 is 5.32 Å². The number of ether oxygens (including phenoxy) is 1. The number of hydrogen-bond donors (Lipinski definition) is 2. The zero-order valence-electron chi connectivity index (χ0n) is 11.0. The number of aliphatic hydroxyl groups is 1. The minimum absolute atomic E-state index is 0.000377. The van der Waals surface area contributed by atoms with Gasteiger partial charge in [0.05, 0.1) is 12.8 Å². The topological polar surface area (TPSA) is 130 Å². The quantitative estimate of drug-likeness (QED) is 0.437. The van der Waals surface area contributed by atoms with Gasteiger partial charge in [0.1, 0.15) is 6.10 Å². The molecule has 2 unspecified atom stereocenters. The largest absolute Gasteiger partial charge is 0.452 e. The first-order valence-electron chi connectivity index (χ1n) is 6.44. The van der Waals surface area contributed by atoms with Crippen molar-refractivity contribution in [3.8, 4) is 0 Å². The van der Waals surface area contributed by atoms with Gasteiger partial charge >= 0.3 is 5.97 Å². The molecule has 0 aromatic heterocycles. The monoisotopic (exact) mass is 298 g/mol. The fourth-order valence-corrected chi connectivity index (χ4v) is 2.12. The summed E-state index contributed by atoms with van der Waals surface area (Å²) in [5.41, 5.74) is 0. The highest BCUT2D eigenvalue weighted by Gasteiger charge is 2.37. The van der Waals surface area contributed by atoms with E-state index in [9.17, 15) is 29.1 Å². The lowest BCUT2D eigenvalue weighted by molar-refractivity contribution is -0.154. The summed E-state index contributed by atoms with van der Waals surface area (Å²) in [7, 11) is 0. The van der Waals surface area contributed by atoms with Crippen LogP contribution in [0.4, 0.5) is 0 Å². The summed E-state index contributed by atoms with van der Waals surface area (Å²) in [6.07, 6.45) is -2.80. The van der Waals surface area contributed by atoms with Gasteiger partial charge in [-0.05, 0) is 6.42 Å². The lowest BCUT2D eigenvalue weighted by Gasteiger charge is -2.13. The molecule has 4 amide bonds. The van der Waals surface area contributed by atoms with Crippen LogP contribution in [-0.2, 0) is 28.7 Å². The van der Waals surface area contributed by atoms with Crippen LogP contribution in [0.5, 0.6) is 0 Å². The molecule has 2 heterocycles. The highest BCUT2D eigenvalue weighted by atomic mass is 16.5. The van der Waals surface area contributed by atoms with E-state index in [-0.39, 0.29) is 32.2 Å². The minimum atomic E-state index is -1.31. The van der Waals surface area contributed by atoms with Gasteiger partial charge in [-0.1, -0.05) is 0 Å². The van der Waals surface area contributed by atoms with Gasteiger partial charge in [0.15, 0.2) is 6.10 Å². The maximum atomic E-state index is 11.5. The van der Waals surface area contributed by atoms with Crippen molar-refractivity contribution in [2.24, 2.45) is 0 Å². The average molecular weight is 298 g/mol. The Morgan fingerprint density at radius 2 is 2.00 bits per heavy atom. The van der Waals surface area contributed by atoms with Crippen molar-refractivity contribution in [3.05, 3.63) is 0 Å². The zero-order valence-corrected chi connectivity index (χ0v) is 11.0. The highest BCUT2D eigenvalue weighted by molar-refractivity contribution is 6.06. The fourth-order valence-electron chi connectivity index (χ4n) is 2.12.